The van der Waals surface area contributed by atoms with Crippen LogP contribution in [0.3, 0.4) is 0 Å². The summed E-state index contributed by atoms with van der Waals surface area (Å²) in [6.45, 7) is 5.29. The Morgan fingerprint density at radius 3 is 2.73 bits per heavy atom. The molecule has 0 N–H and O–H groups in total. The molecule has 5 nitrogen and oxygen atoms in total. The van der Waals surface area contributed by atoms with Crippen LogP contribution in [0.4, 0.5) is 0 Å². The quantitative estimate of drug-likeness (QED) is 0.561. The number of nitrogens with zero attached hydrogens (tertiary/aromatic N) is 3. The molecule has 0 unspecified atom stereocenters. The zero-order valence-electron chi connectivity index (χ0n) is 15.0. The third-order valence-corrected chi connectivity index (χ3v) is 5.31. The van der Waals surface area contributed by atoms with E-state index in [1.165, 1.54) is 4.88 Å². The van der Waals surface area contributed by atoms with Gasteiger partial charge >= 0.3 is 0 Å². The van der Waals surface area contributed by atoms with E-state index in [1.807, 2.05) is 49.0 Å². The highest BCUT2D eigenvalue weighted by atomic mass is 32.1. The van der Waals surface area contributed by atoms with Gasteiger partial charge in [0.15, 0.2) is 11.5 Å². The number of ether oxygens (including phenoxy) is 2. The van der Waals surface area contributed by atoms with Gasteiger partial charge in [0.1, 0.15) is 0 Å². The van der Waals surface area contributed by atoms with E-state index in [0.29, 0.717) is 12.4 Å². The number of thiophene rings is 1. The maximum Gasteiger partial charge on any atom is 0.206 e. The summed E-state index contributed by atoms with van der Waals surface area (Å²) in [4.78, 5) is 6.60. The van der Waals surface area contributed by atoms with Crippen molar-refractivity contribution >= 4 is 28.9 Å². The number of methoxy groups -OCH3 is 1. The van der Waals surface area contributed by atoms with E-state index in [1.54, 1.807) is 29.8 Å². The SMILES string of the molecule is CCN=c1scc(-c2cccs2)n1N=Cc1ccc(OCC)c(OC)c1. The highest BCUT2D eigenvalue weighted by Gasteiger charge is 2.08. The van der Waals surface area contributed by atoms with E-state index in [9.17, 15) is 0 Å². The summed E-state index contributed by atoms with van der Waals surface area (Å²) in [7, 11) is 1.64. The number of hydrogen-bond donors (Lipinski definition) is 0. The van der Waals surface area contributed by atoms with E-state index in [0.717, 1.165) is 28.4 Å². The Morgan fingerprint density at radius 1 is 1.15 bits per heavy atom. The van der Waals surface area contributed by atoms with Gasteiger partial charge in [-0.05, 0) is 49.1 Å². The number of thiazole rings is 1. The fourth-order valence-corrected chi connectivity index (χ4v) is 4.11. The van der Waals surface area contributed by atoms with Crippen molar-refractivity contribution < 1.29 is 9.47 Å². The standard InChI is InChI=1S/C19H21N3O2S2/c1-4-20-19-22(15(13-26-19)18-7-6-10-25-18)21-12-14-8-9-16(24-5-2)17(11-14)23-3/h6-13H,4-5H2,1-3H3. The summed E-state index contributed by atoms with van der Waals surface area (Å²) < 4.78 is 12.9. The van der Waals surface area contributed by atoms with Gasteiger partial charge in [-0.2, -0.15) is 5.10 Å². The van der Waals surface area contributed by atoms with Crippen molar-refractivity contribution in [1.29, 1.82) is 0 Å². The van der Waals surface area contributed by atoms with Crippen LogP contribution in [0.2, 0.25) is 0 Å². The Labute approximate surface area is 160 Å². The summed E-state index contributed by atoms with van der Waals surface area (Å²) >= 11 is 3.29. The van der Waals surface area contributed by atoms with Crippen molar-refractivity contribution in [1.82, 2.24) is 4.68 Å². The Balaban J connectivity index is 1.98. The molecule has 136 valence electrons. The number of hydrogen-bond acceptors (Lipinski definition) is 6. The Bertz CT molecular complexity index is 940. The molecule has 0 saturated carbocycles. The molecule has 0 atom stereocenters. The molecule has 26 heavy (non-hydrogen) atoms. The first-order valence-corrected chi connectivity index (χ1v) is 10.1. The highest BCUT2D eigenvalue weighted by molar-refractivity contribution is 7.14. The van der Waals surface area contributed by atoms with Crippen LogP contribution in [0.5, 0.6) is 11.5 Å². The lowest BCUT2D eigenvalue weighted by Crippen LogP contribution is -2.12. The van der Waals surface area contributed by atoms with Crippen molar-refractivity contribution in [3.8, 4) is 22.1 Å². The van der Waals surface area contributed by atoms with Crippen LogP contribution in [0.25, 0.3) is 10.6 Å². The fourth-order valence-electron chi connectivity index (χ4n) is 2.41. The number of rotatable bonds is 7. The zero-order valence-corrected chi connectivity index (χ0v) is 16.6. The van der Waals surface area contributed by atoms with Crippen LogP contribution >= 0.6 is 22.7 Å². The van der Waals surface area contributed by atoms with Crippen LogP contribution in [0.1, 0.15) is 19.4 Å². The largest absolute Gasteiger partial charge is 0.493 e. The van der Waals surface area contributed by atoms with Crippen molar-refractivity contribution in [2.75, 3.05) is 20.3 Å². The third kappa shape index (κ3) is 4.05. The molecule has 0 aliphatic heterocycles. The topological polar surface area (TPSA) is 48.1 Å². The van der Waals surface area contributed by atoms with Gasteiger partial charge in [-0.25, -0.2) is 4.68 Å². The first-order valence-electron chi connectivity index (χ1n) is 8.37. The third-order valence-electron chi connectivity index (χ3n) is 3.56. The predicted molar refractivity (Wildman–Crippen MR) is 109 cm³/mol. The second-order valence-corrected chi connectivity index (χ2v) is 7.04. The van der Waals surface area contributed by atoms with E-state index in [2.05, 4.69) is 26.9 Å². The molecule has 0 bridgehead atoms. The summed E-state index contributed by atoms with van der Waals surface area (Å²) in [6, 6.07) is 9.92. The smallest absolute Gasteiger partial charge is 0.206 e. The van der Waals surface area contributed by atoms with Gasteiger partial charge in [0.05, 0.1) is 30.5 Å². The number of aromatic nitrogens is 1. The van der Waals surface area contributed by atoms with Crippen molar-refractivity contribution in [2.24, 2.45) is 10.1 Å². The molecule has 0 aliphatic carbocycles. The van der Waals surface area contributed by atoms with Gasteiger partial charge in [-0.3, -0.25) is 4.99 Å². The predicted octanol–water partition coefficient (Wildman–Crippen LogP) is 4.49. The molecular formula is C19H21N3O2S2. The summed E-state index contributed by atoms with van der Waals surface area (Å²) in [5.74, 6) is 1.43. The summed E-state index contributed by atoms with van der Waals surface area (Å²) in [6.07, 6.45) is 1.82. The zero-order chi connectivity index (χ0) is 18.4. The lowest BCUT2D eigenvalue weighted by atomic mass is 10.2. The van der Waals surface area contributed by atoms with E-state index < -0.39 is 0 Å². The molecule has 0 fully saturated rings. The monoisotopic (exact) mass is 387 g/mol. The molecule has 0 saturated heterocycles. The maximum absolute atomic E-state index is 5.57. The molecule has 0 amide bonds. The second-order valence-electron chi connectivity index (χ2n) is 5.25. The van der Waals surface area contributed by atoms with Crippen LogP contribution < -0.4 is 14.3 Å². The van der Waals surface area contributed by atoms with Gasteiger partial charge in [-0.15, -0.1) is 22.7 Å². The molecule has 0 spiro atoms. The molecule has 2 aromatic heterocycles. The van der Waals surface area contributed by atoms with Gasteiger partial charge in [0, 0.05) is 11.9 Å². The first kappa shape index (κ1) is 18.4. The Morgan fingerprint density at radius 2 is 2.04 bits per heavy atom. The van der Waals surface area contributed by atoms with E-state index >= 15 is 0 Å². The van der Waals surface area contributed by atoms with Crippen LogP contribution in [0, 0.1) is 0 Å². The van der Waals surface area contributed by atoms with Gasteiger partial charge in [0.2, 0.25) is 4.80 Å². The molecular weight excluding hydrogens is 366 g/mol. The molecule has 0 radical (unpaired) electrons. The summed E-state index contributed by atoms with van der Waals surface area (Å²) in [5.41, 5.74) is 1.98. The van der Waals surface area contributed by atoms with Crippen molar-refractivity contribution in [2.45, 2.75) is 13.8 Å². The van der Waals surface area contributed by atoms with Crippen LogP contribution in [-0.4, -0.2) is 31.2 Å². The average molecular weight is 388 g/mol. The molecule has 3 rings (SSSR count). The van der Waals surface area contributed by atoms with Crippen molar-refractivity contribution in [3.05, 3.63) is 51.5 Å². The highest BCUT2D eigenvalue weighted by Crippen LogP contribution is 2.28. The lowest BCUT2D eigenvalue weighted by Gasteiger charge is -2.09. The number of benzene rings is 1. The van der Waals surface area contributed by atoms with Crippen LogP contribution in [-0.2, 0) is 0 Å². The molecule has 7 heteroatoms. The second kappa shape index (κ2) is 8.82. The molecule has 1 aromatic carbocycles. The molecule has 0 aliphatic rings. The average Bonchev–Trinajstić information content (AvgIpc) is 3.31. The molecule has 3 aromatic rings. The lowest BCUT2D eigenvalue weighted by molar-refractivity contribution is 0.311. The van der Waals surface area contributed by atoms with Gasteiger partial charge in [-0.1, -0.05) is 6.07 Å². The Hall–Kier alpha value is -2.38. The van der Waals surface area contributed by atoms with E-state index in [-0.39, 0.29) is 0 Å². The maximum atomic E-state index is 5.57. The first-order chi connectivity index (χ1) is 12.8. The summed E-state index contributed by atoms with van der Waals surface area (Å²) in [5, 5.41) is 8.84. The van der Waals surface area contributed by atoms with Gasteiger partial charge < -0.3 is 9.47 Å². The molecule has 2 heterocycles. The Kier molecular flexibility index (Phi) is 6.25. The minimum absolute atomic E-state index is 0.598. The van der Waals surface area contributed by atoms with Crippen LogP contribution in [0.15, 0.2) is 51.2 Å². The van der Waals surface area contributed by atoms with Gasteiger partial charge in [0.25, 0.3) is 0 Å². The minimum atomic E-state index is 0.598. The van der Waals surface area contributed by atoms with Crippen molar-refractivity contribution in [3.63, 3.8) is 0 Å². The fraction of sp³-hybridized carbons (Fsp3) is 0.263. The normalized spacial score (nSPS) is 12.0. The minimum Gasteiger partial charge on any atom is -0.493 e. The van der Waals surface area contributed by atoms with E-state index in [4.69, 9.17) is 9.47 Å².